The Bertz CT molecular complexity index is 1010. The van der Waals surface area contributed by atoms with Crippen molar-refractivity contribution in [2.75, 3.05) is 13.1 Å². The third-order valence-corrected chi connectivity index (χ3v) is 7.60. The van der Waals surface area contributed by atoms with Crippen molar-refractivity contribution in [3.63, 3.8) is 0 Å². The Morgan fingerprint density at radius 2 is 1.70 bits per heavy atom. The van der Waals surface area contributed by atoms with Gasteiger partial charge >= 0.3 is 0 Å². The number of benzene rings is 2. The number of rotatable bonds is 8. The number of likely N-dealkylation sites (tertiary alicyclic amines) is 1. The van der Waals surface area contributed by atoms with Gasteiger partial charge < -0.3 is 9.64 Å². The van der Waals surface area contributed by atoms with E-state index in [4.69, 9.17) is 4.74 Å². The zero-order chi connectivity index (χ0) is 22.6. The molecule has 4 heteroatoms. The smallest absolute Gasteiger partial charge is 0.253 e. The van der Waals surface area contributed by atoms with Gasteiger partial charge in [0.15, 0.2) is 5.78 Å². The minimum Gasteiger partial charge on any atom is -0.490 e. The van der Waals surface area contributed by atoms with Gasteiger partial charge in [0.2, 0.25) is 0 Å². The number of fused-ring (bicyclic) bond motifs is 2. The fraction of sp³-hybridized carbons (Fsp3) is 0.448. The molecule has 1 aliphatic heterocycles. The quantitative estimate of drug-likeness (QED) is 0.375. The van der Waals surface area contributed by atoms with Gasteiger partial charge in [0.05, 0.1) is 0 Å². The molecule has 3 aliphatic rings. The van der Waals surface area contributed by atoms with Crippen LogP contribution in [0.3, 0.4) is 0 Å². The van der Waals surface area contributed by atoms with Crippen molar-refractivity contribution in [2.45, 2.75) is 51.0 Å². The van der Waals surface area contributed by atoms with E-state index in [1.54, 1.807) is 0 Å². The number of piperidine rings is 1. The summed E-state index contributed by atoms with van der Waals surface area (Å²) < 4.78 is 6.20. The molecule has 4 nitrogen and oxygen atoms in total. The summed E-state index contributed by atoms with van der Waals surface area (Å²) in [5, 5.41) is 0. The highest BCUT2D eigenvalue weighted by Gasteiger charge is 2.35. The summed E-state index contributed by atoms with van der Waals surface area (Å²) in [5.74, 6) is 3.39. The molecule has 2 bridgehead atoms. The number of hydrogen-bond acceptors (Lipinski definition) is 3. The Balaban J connectivity index is 1.08. The van der Waals surface area contributed by atoms with Crippen LogP contribution in [0.5, 0.6) is 5.75 Å². The summed E-state index contributed by atoms with van der Waals surface area (Å²) in [6.07, 6.45) is 11.8. The molecule has 2 fully saturated rings. The van der Waals surface area contributed by atoms with Crippen LogP contribution in [0.15, 0.2) is 66.7 Å². The standard InChI is InChI=1S/C29H33NO3/c31-28(11-5-8-23-18-21-12-13-24(23)19-21)25-9-4-10-27(20-25)33-26-14-16-30(17-15-26)29(32)22-6-2-1-3-7-22/h1-4,6-7,9-10,12-13,20-21,23-24,26H,5,8,11,14-19H2. The van der Waals surface area contributed by atoms with Gasteiger partial charge in [-0.3, -0.25) is 9.59 Å². The highest BCUT2D eigenvalue weighted by molar-refractivity contribution is 5.96. The SMILES string of the molecule is O=C(CCCC1CC2C=CC1C2)c1cccc(OC2CCN(C(=O)c3ccccc3)CC2)c1. The fourth-order valence-electron chi connectivity index (χ4n) is 5.77. The maximum Gasteiger partial charge on any atom is 0.253 e. The van der Waals surface area contributed by atoms with Gasteiger partial charge in [0.1, 0.15) is 11.9 Å². The van der Waals surface area contributed by atoms with E-state index in [2.05, 4.69) is 12.2 Å². The topological polar surface area (TPSA) is 46.6 Å². The highest BCUT2D eigenvalue weighted by Crippen LogP contribution is 2.45. The van der Waals surface area contributed by atoms with E-state index < -0.39 is 0 Å². The average Bonchev–Trinajstić information content (AvgIpc) is 3.48. The van der Waals surface area contributed by atoms with Crippen LogP contribution in [0.1, 0.15) is 65.7 Å². The molecule has 2 aromatic rings. The second-order valence-electron chi connectivity index (χ2n) is 9.86. The van der Waals surface area contributed by atoms with Crippen LogP contribution < -0.4 is 4.74 Å². The monoisotopic (exact) mass is 443 g/mol. The Kier molecular flexibility index (Phi) is 6.61. The first kappa shape index (κ1) is 21.9. The lowest BCUT2D eigenvalue weighted by Gasteiger charge is -2.32. The third kappa shape index (κ3) is 5.21. The second-order valence-corrected chi connectivity index (χ2v) is 9.86. The van der Waals surface area contributed by atoms with Crippen LogP contribution in [0.4, 0.5) is 0 Å². The molecular weight excluding hydrogens is 410 g/mol. The number of amides is 1. The summed E-state index contributed by atoms with van der Waals surface area (Å²) in [6.45, 7) is 1.38. The Morgan fingerprint density at radius 1 is 0.909 bits per heavy atom. The zero-order valence-electron chi connectivity index (χ0n) is 19.2. The Labute approximate surface area is 196 Å². The molecular formula is C29H33NO3. The predicted octanol–water partition coefficient (Wildman–Crippen LogP) is 5.94. The number of Topliss-reactive ketones (excluding diaryl/α,β-unsaturated/α-hetero) is 1. The van der Waals surface area contributed by atoms with E-state index in [9.17, 15) is 9.59 Å². The summed E-state index contributed by atoms with van der Waals surface area (Å²) in [5.41, 5.74) is 1.48. The van der Waals surface area contributed by atoms with Crippen molar-refractivity contribution < 1.29 is 14.3 Å². The molecule has 3 atom stereocenters. The van der Waals surface area contributed by atoms with Gasteiger partial charge in [-0.05, 0) is 67.7 Å². The molecule has 3 unspecified atom stereocenters. The van der Waals surface area contributed by atoms with E-state index in [0.29, 0.717) is 19.5 Å². The van der Waals surface area contributed by atoms with E-state index >= 15 is 0 Å². The molecule has 5 rings (SSSR count). The number of ether oxygens (including phenoxy) is 1. The minimum atomic E-state index is 0.0704. The summed E-state index contributed by atoms with van der Waals surface area (Å²) in [6, 6.07) is 17.1. The predicted molar refractivity (Wildman–Crippen MR) is 129 cm³/mol. The van der Waals surface area contributed by atoms with Crippen molar-refractivity contribution in [2.24, 2.45) is 17.8 Å². The van der Waals surface area contributed by atoms with Crippen molar-refractivity contribution in [1.29, 1.82) is 0 Å². The van der Waals surface area contributed by atoms with Crippen LogP contribution in [-0.4, -0.2) is 35.8 Å². The molecule has 1 saturated heterocycles. The van der Waals surface area contributed by atoms with Gasteiger partial charge in [-0.2, -0.15) is 0 Å². The van der Waals surface area contributed by atoms with Gasteiger partial charge in [-0.1, -0.05) is 42.5 Å². The number of nitrogens with zero attached hydrogens (tertiary/aromatic N) is 1. The van der Waals surface area contributed by atoms with Crippen molar-refractivity contribution >= 4 is 11.7 Å². The lowest BCUT2D eigenvalue weighted by molar-refractivity contribution is 0.0595. The molecule has 2 aromatic carbocycles. The molecule has 0 aromatic heterocycles. The van der Waals surface area contributed by atoms with Gasteiger partial charge in [-0.25, -0.2) is 0 Å². The van der Waals surface area contributed by atoms with Crippen LogP contribution in [-0.2, 0) is 0 Å². The summed E-state index contributed by atoms with van der Waals surface area (Å²) in [7, 11) is 0. The maximum absolute atomic E-state index is 12.8. The van der Waals surface area contributed by atoms with Gasteiger partial charge in [-0.15, -0.1) is 0 Å². The van der Waals surface area contributed by atoms with Crippen LogP contribution in [0, 0.1) is 17.8 Å². The number of carbonyl (C=O) groups excluding carboxylic acids is 2. The third-order valence-electron chi connectivity index (χ3n) is 7.60. The molecule has 172 valence electrons. The van der Waals surface area contributed by atoms with E-state index in [-0.39, 0.29) is 17.8 Å². The first-order valence-corrected chi connectivity index (χ1v) is 12.5. The summed E-state index contributed by atoms with van der Waals surface area (Å²) in [4.78, 5) is 27.3. The fourth-order valence-corrected chi connectivity index (χ4v) is 5.77. The normalized spacial score (nSPS) is 24.2. The highest BCUT2D eigenvalue weighted by atomic mass is 16.5. The molecule has 33 heavy (non-hydrogen) atoms. The number of carbonyl (C=O) groups is 2. The Morgan fingerprint density at radius 3 is 2.42 bits per heavy atom. The number of ketones is 1. The lowest BCUT2D eigenvalue weighted by atomic mass is 9.88. The van der Waals surface area contributed by atoms with Gasteiger partial charge in [0, 0.05) is 43.5 Å². The largest absolute Gasteiger partial charge is 0.490 e. The number of hydrogen-bond donors (Lipinski definition) is 0. The maximum atomic E-state index is 12.8. The van der Waals surface area contributed by atoms with E-state index in [1.807, 2.05) is 59.5 Å². The average molecular weight is 444 g/mol. The molecule has 1 heterocycles. The number of allylic oxidation sites excluding steroid dienone is 2. The molecule has 2 aliphatic carbocycles. The van der Waals surface area contributed by atoms with Crippen molar-refractivity contribution in [3.8, 4) is 5.75 Å². The Hall–Kier alpha value is -2.88. The van der Waals surface area contributed by atoms with Crippen LogP contribution >= 0.6 is 0 Å². The molecule has 0 radical (unpaired) electrons. The molecule has 0 N–H and O–H groups in total. The van der Waals surface area contributed by atoms with E-state index in [1.165, 1.54) is 12.8 Å². The zero-order valence-corrected chi connectivity index (χ0v) is 19.2. The first-order chi connectivity index (χ1) is 16.2. The van der Waals surface area contributed by atoms with Crippen molar-refractivity contribution in [3.05, 3.63) is 77.9 Å². The lowest BCUT2D eigenvalue weighted by Crippen LogP contribution is -2.41. The molecule has 1 saturated carbocycles. The second kappa shape index (κ2) is 9.94. The summed E-state index contributed by atoms with van der Waals surface area (Å²) >= 11 is 0. The van der Waals surface area contributed by atoms with E-state index in [0.717, 1.165) is 60.3 Å². The van der Waals surface area contributed by atoms with Crippen molar-refractivity contribution in [1.82, 2.24) is 4.90 Å². The molecule has 0 spiro atoms. The van der Waals surface area contributed by atoms with Crippen LogP contribution in [0.2, 0.25) is 0 Å². The minimum absolute atomic E-state index is 0.0704. The first-order valence-electron chi connectivity index (χ1n) is 12.5. The van der Waals surface area contributed by atoms with Gasteiger partial charge in [0.25, 0.3) is 5.91 Å². The molecule has 1 amide bonds. The van der Waals surface area contributed by atoms with Crippen LogP contribution in [0.25, 0.3) is 0 Å².